The predicted molar refractivity (Wildman–Crippen MR) is 90.9 cm³/mol. The van der Waals surface area contributed by atoms with Gasteiger partial charge in [0.2, 0.25) is 0 Å². The first-order valence-electron chi connectivity index (χ1n) is 7.91. The third kappa shape index (κ3) is 3.22. The number of piperidine rings is 1. The Kier molecular flexibility index (Phi) is 4.34. The van der Waals surface area contributed by atoms with Crippen LogP contribution in [0, 0.1) is 0 Å². The molecule has 0 amide bonds. The summed E-state index contributed by atoms with van der Waals surface area (Å²) in [5, 5.41) is 0. The van der Waals surface area contributed by atoms with Gasteiger partial charge in [-0.3, -0.25) is 13.9 Å². The van der Waals surface area contributed by atoms with Crippen molar-refractivity contribution in [2.75, 3.05) is 18.0 Å². The van der Waals surface area contributed by atoms with Crippen LogP contribution < -0.4 is 21.9 Å². The summed E-state index contributed by atoms with van der Waals surface area (Å²) in [5.74, 6) is 0.664. The van der Waals surface area contributed by atoms with Crippen molar-refractivity contribution in [2.24, 2.45) is 12.8 Å². The van der Waals surface area contributed by atoms with Crippen molar-refractivity contribution in [2.45, 2.75) is 25.4 Å². The van der Waals surface area contributed by atoms with E-state index in [0.717, 1.165) is 29.5 Å². The molecule has 6 heteroatoms. The van der Waals surface area contributed by atoms with Crippen molar-refractivity contribution in [3.8, 4) is 0 Å². The van der Waals surface area contributed by atoms with Crippen LogP contribution in [0.2, 0.25) is 0 Å². The number of aromatic nitrogens is 2. The Morgan fingerprint density at radius 3 is 2.65 bits per heavy atom. The molecule has 1 aromatic carbocycles. The molecule has 1 aliphatic heterocycles. The number of benzene rings is 1. The van der Waals surface area contributed by atoms with Crippen LogP contribution in [0.1, 0.15) is 18.4 Å². The second-order valence-corrected chi connectivity index (χ2v) is 6.10. The van der Waals surface area contributed by atoms with Gasteiger partial charge in [-0.05, 0) is 18.4 Å². The summed E-state index contributed by atoms with van der Waals surface area (Å²) in [6, 6.07) is 11.4. The molecule has 1 saturated heterocycles. The number of rotatable bonds is 3. The van der Waals surface area contributed by atoms with Crippen LogP contribution >= 0.6 is 0 Å². The Balaban J connectivity index is 2.07. The molecular formula is C17H22N4O2. The highest BCUT2D eigenvalue weighted by Crippen LogP contribution is 2.18. The molecule has 0 bridgehead atoms. The Morgan fingerprint density at radius 1 is 1.22 bits per heavy atom. The molecule has 2 N–H and O–H groups in total. The lowest BCUT2D eigenvalue weighted by atomic mass is 10.1. The smallest absolute Gasteiger partial charge is 0.332 e. The van der Waals surface area contributed by atoms with E-state index in [-0.39, 0.29) is 17.3 Å². The van der Waals surface area contributed by atoms with E-state index in [1.54, 1.807) is 10.6 Å². The highest BCUT2D eigenvalue weighted by molar-refractivity contribution is 5.40. The lowest BCUT2D eigenvalue weighted by molar-refractivity contribution is 0.491. The quantitative estimate of drug-likeness (QED) is 0.896. The highest BCUT2D eigenvalue weighted by Gasteiger charge is 2.21. The number of hydrogen-bond acceptors (Lipinski definition) is 4. The molecule has 2 heterocycles. The first-order valence-corrected chi connectivity index (χ1v) is 7.91. The minimum atomic E-state index is -0.296. The first kappa shape index (κ1) is 15.6. The van der Waals surface area contributed by atoms with Crippen LogP contribution in [-0.4, -0.2) is 28.3 Å². The lowest BCUT2D eigenvalue weighted by Crippen LogP contribution is -2.47. The number of nitrogens with zero attached hydrogens (tertiary/aromatic N) is 3. The van der Waals surface area contributed by atoms with E-state index in [2.05, 4.69) is 4.90 Å². The molecule has 1 aliphatic rings. The van der Waals surface area contributed by atoms with Crippen LogP contribution in [0.25, 0.3) is 0 Å². The monoisotopic (exact) mass is 314 g/mol. The Hall–Kier alpha value is -2.34. The third-order valence-corrected chi connectivity index (χ3v) is 4.34. The minimum absolute atomic E-state index is 0.0769. The number of anilines is 1. The van der Waals surface area contributed by atoms with Crippen molar-refractivity contribution < 1.29 is 0 Å². The van der Waals surface area contributed by atoms with Crippen molar-refractivity contribution >= 4 is 5.82 Å². The van der Waals surface area contributed by atoms with Crippen LogP contribution in [0.15, 0.2) is 46.0 Å². The van der Waals surface area contributed by atoms with Crippen LogP contribution in [-0.2, 0) is 13.6 Å². The van der Waals surface area contributed by atoms with Crippen LogP contribution in [0.4, 0.5) is 5.82 Å². The molecule has 3 rings (SSSR count). The molecule has 1 aromatic heterocycles. The van der Waals surface area contributed by atoms with Gasteiger partial charge in [-0.15, -0.1) is 0 Å². The van der Waals surface area contributed by atoms with E-state index >= 15 is 0 Å². The summed E-state index contributed by atoms with van der Waals surface area (Å²) >= 11 is 0. The molecule has 0 unspecified atom stereocenters. The van der Waals surface area contributed by atoms with E-state index < -0.39 is 0 Å². The summed E-state index contributed by atoms with van der Waals surface area (Å²) in [7, 11) is 1.51. The average Bonchev–Trinajstić information content (AvgIpc) is 2.56. The fraction of sp³-hybridized carbons (Fsp3) is 0.412. The summed E-state index contributed by atoms with van der Waals surface area (Å²) < 4.78 is 2.81. The van der Waals surface area contributed by atoms with E-state index in [1.165, 1.54) is 7.05 Å². The molecule has 1 fully saturated rings. The van der Waals surface area contributed by atoms with Crippen LogP contribution in [0.5, 0.6) is 0 Å². The predicted octanol–water partition coefficient (Wildman–Crippen LogP) is 0.523. The van der Waals surface area contributed by atoms with E-state index in [1.807, 2.05) is 30.3 Å². The van der Waals surface area contributed by atoms with Crippen molar-refractivity contribution in [3.63, 3.8) is 0 Å². The van der Waals surface area contributed by atoms with Gasteiger partial charge in [0.25, 0.3) is 5.56 Å². The normalized spacial score (nSPS) is 18.2. The van der Waals surface area contributed by atoms with Gasteiger partial charge in [0.05, 0.1) is 6.54 Å². The fourth-order valence-electron chi connectivity index (χ4n) is 3.05. The molecule has 2 aromatic rings. The second-order valence-electron chi connectivity index (χ2n) is 6.10. The number of hydrogen-bond donors (Lipinski definition) is 1. The number of nitrogens with two attached hydrogens (primary N) is 1. The highest BCUT2D eigenvalue weighted by atomic mass is 16.2. The van der Waals surface area contributed by atoms with E-state index in [9.17, 15) is 9.59 Å². The first-order chi connectivity index (χ1) is 11.1. The van der Waals surface area contributed by atoms with Gasteiger partial charge in [0, 0.05) is 32.2 Å². The maximum absolute atomic E-state index is 12.6. The molecule has 1 atom stereocenters. The molecule has 0 aliphatic carbocycles. The fourth-order valence-corrected chi connectivity index (χ4v) is 3.05. The average molecular weight is 314 g/mol. The summed E-state index contributed by atoms with van der Waals surface area (Å²) in [4.78, 5) is 26.7. The minimum Gasteiger partial charge on any atom is -0.356 e. The summed E-state index contributed by atoms with van der Waals surface area (Å²) in [6.07, 6.45) is 1.94. The van der Waals surface area contributed by atoms with Gasteiger partial charge in [-0.1, -0.05) is 30.3 Å². The second kappa shape index (κ2) is 6.42. The summed E-state index contributed by atoms with van der Waals surface area (Å²) in [5.41, 5.74) is 6.50. The standard InChI is InChI=1S/C17H22N4O2/c1-19-16(22)10-15(20-9-5-8-14(18)12-20)21(17(19)23)11-13-6-3-2-4-7-13/h2-4,6-7,10,14H,5,8-9,11-12,18H2,1H3/t14-/m1/s1. The zero-order chi connectivity index (χ0) is 16.4. The zero-order valence-electron chi connectivity index (χ0n) is 13.3. The van der Waals surface area contributed by atoms with E-state index in [0.29, 0.717) is 18.9 Å². The van der Waals surface area contributed by atoms with Gasteiger partial charge in [-0.2, -0.15) is 0 Å². The van der Waals surface area contributed by atoms with Gasteiger partial charge in [0.1, 0.15) is 5.82 Å². The maximum Gasteiger partial charge on any atom is 0.332 e. The van der Waals surface area contributed by atoms with Gasteiger partial charge in [-0.25, -0.2) is 4.79 Å². The van der Waals surface area contributed by atoms with Crippen molar-refractivity contribution in [3.05, 3.63) is 62.8 Å². The SMILES string of the molecule is Cn1c(=O)cc(N2CCC[C@@H](N)C2)n(Cc2ccccc2)c1=O. The Morgan fingerprint density at radius 2 is 1.96 bits per heavy atom. The Bertz CT molecular complexity index is 794. The van der Waals surface area contributed by atoms with E-state index in [4.69, 9.17) is 5.73 Å². The van der Waals surface area contributed by atoms with Gasteiger partial charge in [0.15, 0.2) is 0 Å². The zero-order valence-corrected chi connectivity index (χ0v) is 13.3. The molecule has 0 saturated carbocycles. The molecule has 0 spiro atoms. The molecule has 0 radical (unpaired) electrons. The van der Waals surface area contributed by atoms with Crippen molar-refractivity contribution in [1.82, 2.24) is 9.13 Å². The van der Waals surface area contributed by atoms with Crippen molar-refractivity contribution in [1.29, 1.82) is 0 Å². The maximum atomic E-state index is 12.6. The Labute approximate surface area is 134 Å². The van der Waals surface area contributed by atoms with Gasteiger partial charge >= 0.3 is 5.69 Å². The van der Waals surface area contributed by atoms with Crippen LogP contribution in [0.3, 0.4) is 0 Å². The molecule has 23 heavy (non-hydrogen) atoms. The molecule has 122 valence electrons. The topological polar surface area (TPSA) is 73.3 Å². The molecular weight excluding hydrogens is 292 g/mol. The largest absolute Gasteiger partial charge is 0.356 e. The van der Waals surface area contributed by atoms with Gasteiger partial charge < -0.3 is 10.6 Å². The summed E-state index contributed by atoms with van der Waals surface area (Å²) in [6.45, 7) is 1.92. The lowest BCUT2D eigenvalue weighted by Gasteiger charge is -2.34. The third-order valence-electron chi connectivity index (χ3n) is 4.34. The molecule has 6 nitrogen and oxygen atoms in total.